The lowest BCUT2D eigenvalue weighted by molar-refractivity contribution is -0.122. The Bertz CT molecular complexity index is 399. The van der Waals surface area contributed by atoms with Gasteiger partial charge in [-0.15, -0.1) is 12.4 Å². The number of carbonyl (C=O) groups excluding carboxylic acids is 1. The second-order valence-electron chi connectivity index (χ2n) is 3.94. The molecule has 1 aromatic rings. The number of hydrogen-bond acceptors (Lipinski definition) is 2. The first-order chi connectivity index (χ1) is 7.94. The maximum atomic E-state index is 12.8. The number of halogens is 3. The normalized spacial score (nSPS) is 10.7. The molecule has 0 bridgehead atoms. The maximum absolute atomic E-state index is 12.8. The molecule has 0 atom stereocenters. The van der Waals surface area contributed by atoms with Crippen molar-refractivity contribution in [2.75, 3.05) is 13.1 Å². The molecule has 0 aliphatic carbocycles. The molecule has 1 rings (SSSR count). The largest absolute Gasteiger partial charge is 0.350 e. The first-order valence-corrected chi connectivity index (χ1v) is 5.34. The van der Waals surface area contributed by atoms with Crippen molar-refractivity contribution >= 4 is 18.3 Å². The van der Waals surface area contributed by atoms with Gasteiger partial charge in [0.2, 0.25) is 5.91 Å². The number of rotatable bonds is 5. The summed E-state index contributed by atoms with van der Waals surface area (Å²) in [6, 6.07) is 7.34. The van der Waals surface area contributed by atoms with Crippen molar-refractivity contribution in [3.05, 3.63) is 35.4 Å². The molecule has 1 aromatic carbocycles. The third-order valence-electron chi connectivity index (χ3n) is 2.46. The van der Waals surface area contributed by atoms with Gasteiger partial charge in [-0.05, 0) is 18.1 Å². The van der Waals surface area contributed by atoms with E-state index in [0.717, 1.165) is 11.1 Å². The van der Waals surface area contributed by atoms with E-state index in [2.05, 4.69) is 5.32 Å². The van der Waals surface area contributed by atoms with Gasteiger partial charge in [0.25, 0.3) is 5.92 Å². The first-order valence-electron chi connectivity index (χ1n) is 5.34. The van der Waals surface area contributed by atoms with Crippen LogP contribution in [0.4, 0.5) is 8.78 Å². The fourth-order valence-electron chi connectivity index (χ4n) is 1.34. The van der Waals surface area contributed by atoms with E-state index in [1.54, 1.807) is 6.07 Å². The van der Waals surface area contributed by atoms with Gasteiger partial charge in [-0.25, -0.2) is 8.78 Å². The highest BCUT2D eigenvalue weighted by atomic mass is 35.5. The summed E-state index contributed by atoms with van der Waals surface area (Å²) in [7, 11) is 0. The van der Waals surface area contributed by atoms with Crippen molar-refractivity contribution in [3.63, 3.8) is 0 Å². The lowest BCUT2D eigenvalue weighted by Gasteiger charge is -2.14. The van der Waals surface area contributed by atoms with Gasteiger partial charge in [-0.1, -0.05) is 24.3 Å². The van der Waals surface area contributed by atoms with Crippen LogP contribution in [0.15, 0.2) is 24.3 Å². The average molecular weight is 279 g/mol. The summed E-state index contributed by atoms with van der Waals surface area (Å²) in [5, 5.41) is 2.18. The molecular weight excluding hydrogens is 262 g/mol. The van der Waals surface area contributed by atoms with Crippen LogP contribution >= 0.6 is 12.4 Å². The number of aryl methyl sites for hydroxylation is 1. The smallest absolute Gasteiger partial charge is 0.277 e. The molecule has 0 unspecified atom stereocenters. The monoisotopic (exact) mass is 278 g/mol. The summed E-state index contributed by atoms with van der Waals surface area (Å²) in [6.45, 7) is 0.392. The molecule has 0 radical (unpaired) electrons. The predicted molar refractivity (Wildman–Crippen MR) is 69.1 cm³/mol. The van der Waals surface area contributed by atoms with E-state index in [0.29, 0.717) is 0 Å². The highest BCUT2D eigenvalue weighted by molar-refractivity contribution is 5.85. The third kappa shape index (κ3) is 5.42. The van der Waals surface area contributed by atoms with Crippen LogP contribution in [0.2, 0.25) is 0 Å². The van der Waals surface area contributed by atoms with E-state index in [1.165, 1.54) is 0 Å². The molecule has 0 fully saturated rings. The minimum Gasteiger partial charge on any atom is -0.350 e. The molecule has 0 saturated heterocycles. The van der Waals surface area contributed by atoms with Gasteiger partial charge in [0.15, 0.2) is 0 Å². The highest BCUT2D eigenvalue weighted by Crippen LogP contribution is 2.10. The number of amides is 1. The van der Waals surface area contributed by atoms with Crippen LogP contribution in [0.1, 0.15) is 11.1 Å². The summed E-state index contributed by atoms with van der Waals surface area (Å²) >= 11 is 0. The Hall–Kier alpha value is -1.20. The van der Waals surface area contributed by atoms with Crippen LogP contribution < -0.4 is 11.1 Å². The molecule has 0 heterocycles. The van der Waals surface area contributed by atoms with Crippen molar-refractivity contribution in [1.82, 2.24) is 5.32 Å². The Kier molecular flexibility index (Phi) is 6.80. The first kappa shape index (κ1) is 16.8. The zero-order valence-electron chi connectivity index (χ0n) is 10.1. The molecule has 0 saturated carbocycles. The lowest BCUT2D eigenvalue weighted by Crippen LogP contribution is -2.42. The van der Waals surface area contributed by atoms with Gasteiger partial charge in [0.05, 0.1) is 19.5 Å². The zero-order valence-corrected chi connectivity index (χ0v) is 10.9. The number of nitrogens with two attached hydrogens (primary N) is 1. The van der Waals surface area contributed by atoms with Crippen molar-refractivity contribution < 1.29 is 13.6 Å². The Labute approximate surface area is 111 Å². The van der Waals surface area contributed by atoms with E-state index >= 15 is 0 Å². The SMILES string of the molecule is Cc1ccccc1CC(=O)NCC(F)(F)CN.Cl. The van der Waals surface area contributed by atoms with E-state index in [4.69, 9.17) is 5.73 Å². The molecule has 1 amide bonds. The fraction of sp³-hybridized carbons (Fsp3) is 0.417. The van der Waals surface area contributed by atoms with Gasteiger partial charge in [-0.2, -0.15) is 0 Å². The van der Waals surface area contributed by atoms with Crippen LogP contribution in [0.5, 0.6) is 0 Å². The Balaban J connectivity index is 0.00000289. The fourth-order valence-corrected chi connectivity index (χ4v) is 1.34. The Morgan fingerprint density at radius 3 is 2.56 bits per heavy atom. The summed E-state index contributed by atoms with van der Waals surface area (Å²) in [4.78, 5) is 11.4. The van der Waals surface area contributed by atoms with Gasteiger partial charge in [0, 0.05) is 0 Å². The summed E-state index contributed by atoms with van der Waals surface area (Å²) in [5.41, 5.74) is 6.67. The number of hydrogen-bond donors (Lipinski definition) is 2. The van der Waals surface area contributed by atoms with Crippen LogP contribution in [0.3, 0.4) is 0 Å². The maximum Gasteiger partial charge on any atom is 0.277 e. The highest BCUT2D eigenvalue weighted by Gasteiger charge is 2.27. The molecule has 0 aliphatic rings. The van der Waals surface area contributed by atoms with E-state index in [-0.39, 0.29) is 18.8 Å². The molecule has 102 valence electrons. The zero-order chi connectivity index (χ0) is 12.9. The van der Waals surface area contributed by atoms with Crippen molar-refractivity contribution in [2.45, 2.75) is 19.3 Å². The quantitative estimate of drug-likeness (QED) is 0.861. The Morgan fingerprint density at radius 2 is 2.00 bits per heavy atom. The Morgan fingerprint density at radius 1 is 1.39 bits per heavy atom. The van der Waals surface area contributed by atoms with E-state index in [1.807, 2.05) is 25.1 Å². The van der Waals surface area contributed by atoms with Gasteiger partial charge >= 0.3 is 0 Å². The minimum atomic E-state index is -3.04. The average Bonchev–Trinajstić information content (AvgIpc) is 2.30. The van der Waals surface area contributed by atoms with Crippen molar-refractivity contribution in [1.29, 1.82) is 0 Å². The molecule has 3 N–H and O–H groups in total. The standard InChI is InChI=1S/C12H16F2N2O.ClH/c1-9-4-2-3-5-10(9)6-11(17)16-8-12(13,14)7-15;/h2-5H,6-8,15H2,1H3,(H,16,17);1H. The number of nitrogens with one attached hydrogen (secondary N) is 1. The molecule has 0 aromatic heterocycles. The van der Waals surface area contributed by atoms with Crippen LogP contribution in [-0.2, 0) is 11.2 Å². The number of carbonyl (C=O) groups is 1. The van der Waals surface area contributed by atoms with Crippen LogP contribution in [0.25, 0.3) is 0 Å². The minimum absolute atomic E-state index is 0. The number of benzene rings is 1. The van der Waals surface area contributed by atoms with Crippen molar-refractivity contribution in [3.8, 4) is 0 Å². The van der Waals surface area contributed by atoms with Gasteiger partial charge < -0.3 is 11.1 Å². The van der Waals surface area contributed by atoms with Crippen LogP contribution in [0, 0.1) is 6.92 Å². The second-order valence-corrected chi connectivity index (χ2v) is 3.94. The summed E-state index contributed by atoms with van der Waals surface area (Å²) < 4.78 is 25.6. The summed E-state index contributed by atoms with van der Waals surface area (Å²) in [5.74, 6) is -3.46. The van der Waals surface area contributed by atoms with E-state index in [9.17, 15) is 13.6 Å². The third-order valence-corrected chi connectivity index (χ3v) is 2.46. The molecule has 0 spiro atoms. The molecular formula is C12H17ClF2N2O. The molecule has 0 aliphatic heterocycles. The molecule has 3 nitrogen and oxygen atoms in total. The summed E-state index contributed by atoms with van der Waals surface area (Å²) in [6.07, 6.45) is 0.104. The second kappa shape index (κ2) is 7.28. The van der Waals surface area contributed by atoms with Gasteiger partial charge in [-0.3, -0.25) is 4.79 Å². The topological polar surface area (TPSA) is 55.1 Å². The predicted octanol–water partition coefficient (Wildman–Crippen LogP) is 1.67. The molecule has 6 heteroatoms. The molecule has 18 heavy (non-hydrogen) atoms. The van der Waals surface area contributed by atoms with E-state index < -0.39 is 24.9 Å². The van der Waals surface area contributed by atoms with Crippen LogP contribution in [-0.4, -0.2) is 24.9 Å². The van der Waals surface area contributed by atoms with Crippen molar-refractivity contribution in [2.24, 2.45) is 5.73 Å². The lowest BCUT2D eigenvalue weighted by atomic mass is 10.1. The number of alkyl halides is 2. The van der Waals surface area contributed by atoms with Gasteiger partial charge in [0.1, 0.15) is 0 Å².